The molecule has 0 radical (unpaired) electrons. The van der Waals surface area contributed by atoms with Gasteiger partial charge in [0.05, 0.1) is 0 Å². The number of carbonyl (C=O) groups excluding carboxylic acids is 1. The Morgan fingerprint density at radius 1 is 1.30 bits per heavy atom. The van der Waals surface area contributed by atoms with Gasteiger partial charge in [-0.3, -0.25) is 10.1 Å². The van der Waals surface area contributed by atoms with Gasteiger partial charge >= 0.3 is 0 Å². The number of aromatic nitrogens is 1. The molecule has 0 aliphatic heterocycles. The predicted octanol–water partition coefficient (Wildman–Crippen LogP) is 4.38. The number of carbonyl (C=O) groups is 1. The van der Waals surface area contributed by atoms with Gasteiger partial charge in [-0.05, 0) is 43.3 Å². The summed E-state index contributed by atoms with van der Waals surface area (Å²) in [4.78, 5) is 16.2. The van der Waals surface area contributed by atoms with E-state index in [1.165, 1.54) is 11.3 Å². The summed E-state index contributed by atoms with van der Waals surface area (Å²) in [5, 5.41) is 5.64. The highest BCUT2D eigenvalue weighted by Gasteiger charge is 2.10. The minimum atomic E-state index is -0.281. The van der Waals surface area contributed by atoms with Crippen LogP contribution in [0.15, 0.2) is 46.2 Å². The van der Waals surface area contributed by atoms with E-state index in [9.17, 15) is 4.79 Å². The average Bonchev–Trinajstić information content (AvgIpc) is 3.16. The van der Waals surface area contributed by atoms with E-state index in [-0.39, 0.29) is 12.5 Å². The second-order valence-electron chi connectivity index (χ2n) is 4.74. The van der Waals surface area contributed by atoms with Gasteiger partial charge in [0.2, 0.25) is 0 Å². The molecule has 0 unspecified atom stereocenters. The standard InChI is InChI=1S/C16H13ClN2O3S/c1-10-2-7-14(22-10)13-9-23-16(18-13)19-15(20)8-21-12-5-3-11(17)4-6-12/h2-7,9H,8H2,1H3,(H,18,19,20). The quantitative estimate of drug-likeness (QED) is 0.743. The van der Waals surface area contributed by atoms with Crippen LogP contribution >= 0.6 is 22.9 Å². The molecule has 0 bridgehead atoms. The van der Waals surface area contributed by atoms with Crippen LogP contribution < -0.4 is 10.1 Å². The third-order valence-corrected chi connectivity index (χ3v) is 3.94. The fourth-order valence-corrected chi connectivity index (χ4v) is 2.69. The molecule has 0 atom stereocenters. The summed E-state index contributed by atoms with van der Waals surface area (Å²) in [7, 11) is 0. The maximum atomic E-state index is 11.9. The first-order chi connectivity index (χ1) is 11.1. The highest BCUT2D eigenvalue weighted by Crippen LogP contribution is 2.26. The molecule has 1 amide bonds. The number of benzene rings is 1. The maximum Gasteiger partial charge on any atom is 0.264 e. The van der Waals surface area contributed by atoms with E-state index in [1.807, 2.05) is 24.4 Å². The van der Waals surface area contributed by atoms with Gasteiger partial charge in [-0.15, -0.1) is 11.3 Å². The summed E-state index contributed by atoms with van der Waals surface area (Å²) in [5.74, 6) is 1.79. The lowest BCUT2D eigenvalue weighted by Gasteiger charge is -2.05. The van der Waals surface area contributed by atoms with Gasteiger partial charge in [-0.1, -0.05) is 11.6 Å². The Morgan fingerprint density at radius 2 is 2.09 bits per heavy atom. The van der Waals surface area contributed by atoms with E-state index in [0.717, 1.165) is 5.76 Å². The fourth-order valence-electron chi connectivity index (χ4n) is 1.85. The van der Waals surface area contributed by atoms with E-state index < -0.39 is 0 Å². The van der Waals surface area contributed by atoms with Crippen LogP contribution in [0.2, 0.25) is 5.02 Å². The smallest absolute Gasteiger partial charge is 0.264 e. The molecule has 23 heavy (non-hydrogen) atoms. The number of ether oxygens (including phenoxy) is 1. The summed E-state index contributed by atoms with van der Waals surface area (Å²) in [6.07, 6.45) is 0. The average molecular weight is 349 g/mol. The second-order valence-corrected chi connectivity index (χ2v) is 6.03. The summed E-state index contributed by atoms with van der Waals surface area (Å²) >= 11 is 7.12. The molecule has 3 rings (SSSR count). The Labute approximate surface area is 141 Å². The zero-order valence-electron chi connectivity index (χ0n) is 12.2. The lowest BCUT2D eigenvalue weighted by atomic mass is 10.3. The minimum absolute atomic E-state index is 0.101. The van der Waals surface area contributed by atoms with Crippen molar-refractivity contribution in [2.24, 2.45) is 0 Å². The molecule has 0 aliphatic carbocycles. The van der Waals surface area contributed by atoms with Crippen LogP contribution in [-0.2, 0) is 4.79 Å². The number of anilines is 1. The highest BCUT2D eigenvalue weighted by atomic mass is 35.5. The summed E-state index contributed by atoms with van der Waals surface area (Å²) in [6, 6.07) is 10.5. The van der Waals surface area contributed by atoms with Crippen LogP contribution in [0.25, 0.3) is 11.5 Å². The Bertz CT molecular complexity index is 811. The van der Waals surface area contributed by atoms with Crippen molar-refractivity contribution >= 4 is 34.0 Å². The Hall–Kier alpha value is -2.31. The molecule has 2 heterocycles. The normalized spacial score (nSPS) is 10.5. The number of furan rings is 1. The van der Waals surface area contributed by atoms with Crippen molar-refractivity contribution in [1.29, 1.82) is 0 Å². The zero-order chi connectivity index (χ0) is 16.2. The lowest BCUT2D eigenvalue weighted by Crippen LogP contribution is -2.20. The first-order valence-corrected chi connectivity index (χ1v) is 8.06. The first kappa shape index (κ1) is 15.6. The van der Waals surface area contributed by atoms with Crippen molar-refractivity contribution in [3.63, 3.8) is 0 Å². The van der Waals surface area contributed by atoms with Gasteiger partial charge in [0.1, 0.15) is 17.2 Å². The minimum Gasteiger partial charge on any atom is -0.484 e. The van der Waals surface area contributed by atoms with E-state index >= 15 is 0 Å². The number of amides is 1. The van der Waals surface area contributed by atoms with Crippen molar-refractivity contribution in [2.45, 2.75) is 6.92 Å². The number of nitrogens with zero attached hydrogens (tertiary/aromatic N) is 1. The lowest BCUT2D eigenvalue weighted by molar-refractivity contribution is -0.118. The van der Waals surface area contributed by atoms with Gasteiger partial charge in [-0.2, -0.15) is 0 Å². The summed E-state index contributed by atoms with van der Waals surface area (Å²) in [6.45, 7) is 1.77. The molecular formula is C16H13ClN2O3S. The van der Waals surface area contributed by atoms with Crippen molar-refractivity contribution < 1.29 is 13.9 Å². The number of halogens is 1. The highest BCUT2D eigenvalue weighted by molar-refractivity contribution is 7.14. The molecular weight excluding hydrogens is 336 g/mol. The molecule has 3 aromatic rings. The van der Waals surface area contributed by atoms with Crippen molar-refractivity contribution in [3.05, 3.63) is 52.6 Å². The van der Waals surface area contributed by atoms with Crippen molar-refractivity contribution in [2.75, 3.05) is 11.9 Å². The number of aryl methyl sites for hydroxylation is 1. The van der Waals surface area contributed by atoms with E-state index in [4.69, 9.17) is 20.8 Å². The van der Waals surface area contributed by atoms with E-state index in [1.54, 1.807) is 24.3 Å². The van der Waals surface area contributed by atoms with E-state index in [0.29, 0.717) is 27.4 Å². The van der Waals surface area contributed by atoms with Crippen LogP contribution in [0.4, 0.5) is 5.13 Å². The van der Waals surface area contributed by atoms with Gasteiger partial charge < -0.3 is 9.15 Å². The van der Waals surface area contributed by atoms with E-state index in [2.05, 4.69) is 10.3 Å². The number of rotatable bonds is 5. The van der Waals surface area contributed by atoms with Gasteiger partial charge in [0, 0.05) is 10.4 Å². The monoisotopic (exact) mass is 348 g/mol. The van der Waals surface area contributed by atoms with Crippen LogP contribution in [0.3, 0.4) is 0 Å². The molecule has 0 spiro atoms. The molecule has 1 N–H and O–H groups in total. The van der Waals surface area contributed by atoms with Crippen LogP contribution in [0.1, 0.15) is 5.76 Å². The third-order valence-electron chi connectivity index (χ3n) is 2.93. The third kappa shape index (κ3) is 4.12. The molecule has 2 aromatic heterocycles. The molecule has 0 saturated carbocycles. The Kier molecular flexibility index (Phi) is 4.64. The number of thiazole rings is 1. The van der Waals surface area contributed by atoms with Crippen LogP contribution in [-0.4, -0.2) is 17.5 Å². The van der Waals surface area contributed by atoms with Crippen molar-refractivity contribution in [3.8, 4) is 17.2 Å². The summed E-state index contributed by atoms with van der Waals surface area (Å²) < 4.78 is 10.9. The number of hydrogen-bond acceptors (Lipinski definition) is 5. The molecule has 0 saturated heterocycles. The zero-order valence-corrected chi connectivity index (χ0v) is 13.8. The van der Waals surface area contributed by atoms with Gasteiger partial charge in [0.15, 0.2) is 17.5 Å². The Morgan fingerprint density at radius 3 is 2.78 bits per heavy atom. The van der Waals surface area contributed by atoms with Crippen LogP contribution in [0, 0.1) is 6.92 Å². The number of hydrogen-bond donors (Lipinski definition) is 1. The predicted molar refractivity (Wildman–Crippen MR) is 90.1 cm³/mol. The van der Waals surface area contributed by atoms with Crippen molar-refractivity contribution in [1.82, 2.24) is 4.98 Å². The fraction of sp³-hybridized carbons (Fsp3) is 0.125. The number of nitrogens with one attached hydrogen (secondary N) is 1. The molecule has 1 aromatic carbocycles. The Balaban J connectivity index is 1.56. The SMILES string of the molecule is Cc1ccc(-c2csc(NC(=O)COc3ccc(Cl)cc3)n2)o1. The maximum absolute atomic E-state index is 11.9. The molecule has 118 valence electrons. The largest absolute Gasteiger partial charge is 0.484 e. The first-order valence-electron chi connectivity index (χ1n) is 6.81. The van der Waals surface area contributed by atoms with Crippen LogP contribution in [0.5, 0.6) is 5.75 Å². The topological polar surface area (TPSA) is 64.4 Å². The molecule has 0 aliphatic rings. The molecule has 5 nitrogen and oxygen atoms in total. The second kappa shape index (κ2) is 6.85. The molecule has 7 heteroatoms. The van der Waals surface area contributed by atoms with Gasteiger partial charge in [0.25, 0.3) is 5.91 Å². The summed E-state index contributed by atoms with van der Waals surface area (Å²) in [5.41, 5.74) is 0.692. The van der Waals surface area contributed by atoms with Gasteiger partial charge in [-0.25, -0.2) is 4.98 Å². The molecule has 0 fully saturated rings.